The van der Waals surface area contributed by atoms with E-state index in [-0.39, 0.29) is 5.91 Å². The van der Waals surface area contributed by atoms with Crippen LogP contribution in [0.15, 0.2) is 84.9 Å². The van der Waals surface area contributed by atoms with Crippen LogP contribution in [0.5, 0.6) is 0 Å². The van der Waals surface area contributed by atoms with E-state index in [1.165, 1.54) is 0 Å². The van der Waals surface area contributed by atoms with Crippen LogP contribution in [0.1, 0.15) is 16.1 Å². The third-order valence-corrected chi connectivity index (χ3v) is 4.91. The van der Waals surface area contributed by atoms with Crippen LogP contribution in [0.2, 0.25) is 0 Å². The lowest BCUT2D eigenvalue weighted by Gasteiger charge is -2.10. The van der Waals surface area contributed by atoms with Crippen molar-refractivity contribution in [2.24, 2.45) is 0 Å². The monoisotopic (exact) mass is 378 g/mol. The van der Waals surface area contributed by atoms with E-state index in [4.69, 9.17) is 4.98 Å². The molecule has 0 aliphatic rings. The molecule has 0 aliphatic heterocycles. The molecule has 5 aromatic rings. The van der Waals surface area contributed by atoms with E-state index >= 15 is 0 Å². The molecular weight excluding hydrogens is 360 g/mol. The molecule has 140 valence electrons. The van der Waals surface area contributed by atoms with Crippen molar-refractivity contribution in [1.29, 1.82) is 0 Å². The molecule has 0 saturated heterocycles. The molecule has 29 heavy (non-hydrogen) atoms. The summed E-state index contributed by atoms with van der Waals surface area (Å²) in [6.45, 7) is 1.89. The maximum atomic E-state index is 13.1. The van der Waals surface area contributed by atoms with Gasteiger partial charge in [-0.25, -0.2) is 4.98 Å². The summed E-state index contributed by atoms with van der Waals surface area (Å²) in [6.07, 6.45) is 0. The predicted octanol–water partition coefficient (Wildman–Crippen LogP) is 5.13. The Kier molecular flexibility index (Phi) is 4.06. The highest BCUT2D eigenvalue weighted by Crippen LogP contribution is 2.22. The minimum Gasteiger partial charge on any atom is -0.306 e. The van der Waals surface area contributed by atoms with Crippen molar-refractivity contribution in [1.82, 2.24) is 14.8 Å². The van der Waals surface area contributed by atoms with Gasteiger partial charge in [-0.1, -0.05) is 54.6 Å². The van der Waals surface area contributed by atoms with Gasteiger partial charge in [0.25, 0.3) is 5.91 Å². The molecule has 0 fully saturated rings. The Bertz CT molecular complexity index is 1360. The fraction of sp³-hybridized carbons (Fsp3) is 0.0417. The van der Waals surface area contributed by atoms with Crippen molar-refractivity contribution in [3.8, 4) is 5.82 Å². The zero-order chi connectivity index (χ0) is 19.8. The molecule has 5 heteroatoms. The summed E-state index contributed by atoms with van der Waals surface area (Å²) in [5.41, 5.74) is 2.30. The molecule has 0 atom stereocenters. The van der Waals surface area contributed by atoms with Crippen LogP contribution in [-0.4, -0.2) is 20.7 Å². The molecule has 0 bridgehead atoms. The number of para-hydroxylation sites is 1. The maximum Gasteiger partial charge on any atom is 0.257 e. The van der Waals surface area contributed by atoms with Crippen molar-refractivity contribution < 1.29 is 4.79 Å². The number of nitrogens with zero attached hydrogens (tertiary/aromatic N) is 3. The number of hydrogen-bond donors (Lipinski definition) is 1. The number of nitrogens with one attached hydrogen (secondary N) is 1. The first kappa shape index (κ1) is 17.1. The zero-order valence-corrected chi connectivity index (χ0v) is 15.8. The molecule has 0 saturated carbocycles. The number of amides is 1. The SMILES string of the molecule is Cc1cc(NC(=O)c2cccc3ccccc23)n(-c2ccc3ccccc3n2)n1. The molecule has 5 rings (SSSR count). The third-order valence-electron chi connectivity index (χ3n) is 4.91. The van der Waals surface area contributed by atoms with Gasteiger partial charge in [0.1, 0.15) is 5.82 Å². The van der Waals surface area contributed by atoms with Crippen molar-refractivity contribution in [3.63, 3.8) is 0 Å². The van der Waals surface area contributed by atoms with Crippen molar-refractivity contribution in [2.45, 2.75) is 6.92 Å². The minimum absolute atomic E-state index is 0.177. The molecule has 1 N–H and O–H groups in total. The number of anilines is 1. The number of aryl methyl sites for hydroxylation is 1. The van der Waals surface area contributed by atoms with Gasteiger partial charge in [0.05, 0.1) is 11.2 Å². The first-order valence-electron chi connectivity index (χ1n) is 9.41. The van der Waals surface area contributed by atoms with Crippen LogP contribution in [-0.2, 0) is 0 Å². The lowest BCUT2D eigenvalue weighted by Crippen LogP contribution is -2.16. The molecule has 2 aromatic heterocycles. The molecule has 5 nitrogen and oxygen atoms in total. The highest BCUT2D eigenvalue weighted by atomic mass is 16.1. The van der Waals surface area contributed by atoms with Crippen LogP contribution in [0.25, 0.3) is 27.5 Å². The second-order valence-electron chi connectivity index (χ2n) is 6.93. The Morgan fingerprint density at radius 3 is 2.52 bits per heavy atom. The fourth-order valence-corrected chi connectivity index (χ4v) is 3.54. The van der Waals surface area contributed by atoms with Crippen LogP contribution < -0.4 is 5.32 Å². The largest absolute Gasteiger partial charge is 0.306 e. The Morgan fingerprint density at radius 1 is 0.862 bits per heavy atom. The van der Waals surface area contributed by atoms with Crippen LogP contribution in [0, 0.1) is 6.92 Å². The lowest BCUT2D eigenvalue weighted by atomic mass is 10.0. The van der Waals surface area contributed by atoms with E-state index in [9.17, 15) is 4.79 Å². The summed E-state index contributed by atoms with van der Waals surface area (Å²) >= 11 is 0. The quantitative estimate of drug-likeness (QED) is 0.473. The average Bonchev–Trinajstić information content (AvgIpc) is 3.12. The molecular formula is C24H18N4O. The summed E-state index contributed by atoms with van der Waals surface area (Å²) < 4.78 is 1.67. The van der Waals surface area contributed by atoms with Gasteiger partial charge in [0.15, 0.2) is 5.82 Å². The number of fused-ring (bicyclic) bond motifs is 2. The van der Waals surface area contributed by atoms with E-state index in [1.807, 2.05) is 91.9 Å². The Labute approximate surface area is 167 Å². The normalized spacial score (nSPS) is 11.1. The number of carbonyl (C=O) groups excluding carboxylic acids is 1. The first-order chi connectivity index (χ1) is 14.2. The van der Waals surface area contributed by atoms with Crippen molar-refractivity contribution in [2.75, 3.05) is 5.32 Å². The van der Waals surface area contributed by atoms with E-state index in [2.05, 4.69) is 10.4 Å². The third kappa shape index (κ3) is 3.12. The van der Waals surface area contributed by atoms with Gasteiger partial charge in [-0.15, -0.1) is 0 Å². The van der Waals surface area contributed by atoms with Gasteiger partial charge in [-0.05, 0) is 42.0 Å². The molecule has 0 unspecified atom stereocenters. The van der Waals surface area contributed by atoms with E-state index < -0.39 is 0 Å². The molecule has 0 aliphatic carbocycles. The molecule has 2 heterocycles. The number of carbonyl (C=O) groups is 1. The van der Waals surface area contributed by atoms with E-state index in [1.54, 1.807) is 4.68 Å². The smallest absolute Gasteiger partial charge is 0.257 e. The number of hydrogen-bond acceptors (Lipinski definition) is 3. The topological polar surface area (TPSA) is 59.8 Å². The highest BCUT2D eigenvalue weighted by Gasteiger charge is 2.15. The summed E-state index contributed by atoms with van der Waals surface area (Å²) in [5.74, 6) is 1.07. The molecule has 0 spiro atoms. The second kappa shape index (κ2) is 6.87. The van der Waals surface area contributed by atoms with Gasteiger partial charge in [0, 0.05) is 17.0 Å². The van der Waals surface area contributed by atoms with Gasteiger partial charge < -0.3 is 5.32 Å². The number of rotatable bonds is 3. The predicted molar refractivity (Wildman–Crippen MR) is 116 cm³/mol. The lowest BCUT2D eigenvalue weighted by molar-refractivity contribution is 0.102. The number of pyridine rings is 1. The molecule has 3 aromatic carbocycles. The number of benzene rings is 3. The van der Waals surface area contributed by atoms with Gasteiger partial charge in [0.2, 0.25) is 0 Å². The van der Waals surface area contributed by atoms with Gasteiger partial charge in [-0.2, -0.15) is 9.78 Å². The molecule has 0 radical (unpaired) electrons. The second-order valence-corrected chi connectivity index (χ2v) is 6.93. The Hall–Kier alpha value is -3.99. The Balaban J connectivity index is 1.54. The van der Waals surface area contributed by atoms with Crippen LogP contribution in [0.4, 0.5) is 5.82 Å². The zero-order valence-electron chi connectivity index (χ0n) is 15.8. The van der Waals surface area contributed by atoms with Gasteiger partial charge >= 0.3 is 0 Å². The maximum absolute atomic E-state index is 13.1. The summed E-state index contributed by atoms with van der Waals surface area (Å²) in [4.78, 5) is 17.8. The minimum atomic E-state index is -0.177. The Morgan fingerprint density at radius 2 is 1.62 bits per heavy atom. The molecule has 1 amide bonds. The van der Waals surface area contributed by atoms with E-state index in [0.29, 0.717) is 17.2 Å². The first-order valence-corrected chi connectivity index (χ1v) is 9.41. The average molecular weight is 378 g/mol. The van der Waals surface area contributed by atoms with Crippen LogP contribution >= 0.6 is 0 Å². The van der Waals surface area contributed by atoms with Crippen molar-refractivity contribution >= 4 is 33.4 Å². The standard InChI is InChI=1S/C24H18N4O/c1-16-15-23(26-24(29)20-11-6-9-17-7-2-4-10-19(17)20)28(27-16)22-14-13-18-8-3-5-12-21(18)25-22/h2-15H,1H3,(H,26,29). The van der Waals surface area contributed by atoms with Crippen LogP contribution in [0.3, 0.4) is 0 Å². The summed E-state index contributed by atoms with van der Waals surface area (Å²) in [6, 6.07) is 27.3. The highest BCUT2D eigenvalue weighted by molar-refractivity contribution is 6.12. The summed E-state index contributed by atoms with van der Waals surface area (Å²) in [5, 5.41) is 10.5. The van der Waals surface area contributed by atoms with Crippen molar-refractivity contribution in [3.05, 3.63) is 96.2 Å². The summed E-state index contributed by atoms with van der Waals surface area (Å²) in [7, 11) is 0. The van der Waals surface area contributed by atoms with Gasteiger partial charge in [-0.3, -0.25) is 4.79 Å². The number of aromatic nitrogens is 3. The van der Waals surface area contributed by atoms with E-state index in [0.717, 1.165) is 27.4 Å². The fourth-order valence-electron chi connectivity index (χ4n) is 3.54.